The predicted octanol–water partition coefficient (Wildman–Crippen LogP) is 3.24. The van der Waals surface area contributed by atoms with Crippen LogP contribution in [0.5, 0.6) is 0 Å². The van der Waals surface area contributed by atoms with E-state index in [4.69, 9.17) is 0 Å². The molecule has 1 fully saturated rings. The van der Waals surface area contributed by atoms with Crippen LogP contribution in [0.15, 0.2) is 23.2 Å². The minimum absolute atomic E-state index is 0.216. The highest BCUT2D eigenvalue weighted by molar-refractivity contribution is 5.39. The number of aliphatic imine (C=N–C) groups is 1. The molecule has 0 amide bonds. The molecule has 1 aliphatic carbocycles. The van der Waals surface area contributed by atoms with Gasteiger partial charge in [0.2, 0.25) is 6.08 Å². The summed E-state index contributed by atoms with van der Waals surface area (Å²) in [4.78, 5) is 14.5. The number of halogens is 1. The highest BCUT2D eigenvalue weighted by atomic mass is 19.1. The van der Waals surface area contributed by atoms with E-state index in [-0.39, 0.29) is 5.82 Å². The molecule has 0 spiro atoms. The highest BCUT2D eigenvalue weighted by Crippen LogP contribution is 2.42. The van der Waals surface area contributed by atoms with E-state index in [1.54, 1.807) is 25.1 Å². The largest absolute Gasteiger partial charge is 0.235 e. The first-order valence-corrected chi connectivity index (χ1v) is 5.54. The van der Waals surface area contributed by atoms with Crippen LogP contribution in [0.3, 0.4) is 0 Å². The van der Waals surface area contributed by atoms with Crippen LogP contribution >= 0.6 is 0 Å². The fourth-order valence-corrected chi connectivity index (χ4v) is 2.45. The van der Waals surface area contributed by atoms with E-state index in [2.05, 4.69) is 4.99 Å². The molecule has 0 bridgehead atoms. The molecule has 0 aliphatic heterocycles. The summed E-state index contributed by atoms with van der Waals surface area (Å²) in [5.74, 6) is -0.216. The Hall–Kier alpha value is -1.47. The monoisotopic (exact) mass is 219 g/mol. The zero-order chi connectivity index (χ0) is 11.6. The second-order valence-corrected chi connectivity index (χ2v) is 4.41. The Morgan fingerprint density at radius 3 is 2.62 bits per heavy atom. The van der Waals surface area contributed by atoms with Gasteiger partial charge in [-0.3, -0.25) is 0 Å². The summed E-state index contributed by atoms with van der Waals surface area (Å²) < 4.78 is 13.2. The molecule has 0 saturated heterocycles. The molecule has 0 aromatic heterocycles. The maximum Gasteiger partial charge on any atom is 0.235 e. The third-order valence-corrected chi connectivity index (χ3v) is 3.39. The molecule has 0 atom stereocenters. The van der Waals surface area contributed by atoms with Crippen molar-refractivity contribution in [2.75, 3.05) is 0 Å². The van der Waals surface area contributed by atoms with Gasteiger partial charge in [-0.15, -0.1) is 0 Å². The molecule has 2 nitrogen and oxygen atoms in total. The van der Waals surface area contributed by atoms with Gasteiger partial charge in [0.05, 0.1) is 5.54 Å². The van der Waals surface area contributed by atoms with Crippen LogP contribution in [-0.2, 0) is 10.3 Å². The van der Waals surface area contributed by atoms with Crippen molar-refractivity contribution in [2.45, 2.75) is 38.1 Å². The Morgan fingerprint density at radius 2 is 2.06 bits per heavy atom. The number of carbonyl (C=O) groups excluding carboxylic acids is 1. The summed E-state index contributed by atoms with van der Waals surface area (Å²) >= 11 is 0. The van der Waals surface area contributed by atoms with Crippen molar-refractivity contribution in [3.8, 4) is 0 Å². The molecular formula is C13H14FNO. The van der Waals surface area contributed by atoms with E-state index in [0.29, 0.717) is 5.56 Å². The average Bonchev–Trinajstić information content (AvgIpc) is 2.72. The number of aryl methyl sites for hydroxylation is 1. The van der Waals surface area contributed by atoms with Crippen LogP contribution in [-0.4, -0.2) is 6.08 Å². The molecule has 1 aromatic carbocycles. The third-order valence-electron chi connectivity index (χ3n) is 3.39. The lowest BCUT2D eigenvalue weighted by Crippen LogP contribution is -2.19. The van der Waals surface area contributed by atoms with Crippen molar-refractivity contribution in [3.05, 3.63) is 35.1 Å². The van der Waals surface area contributed by atoms with Crippen LogP contribution in [0.25, 0.3) is 0 Å². The first kappa shape index (κ1) is 11.0. The smallest absolute Gasteiger partial charge is 0.211 e. The fourth-order valence-electron chi connectivity index (χ4n) is 2.45. The van der Waals surface area contributed by atoms with Gasteiger partial charge in [-0.25, -0.2) is 9.18 Å². The summed E-state index contributed by atoms with van der Waals surface area (Å²) in [6.45, 7) is 1.73. The lowest BCUT2D eigenvalue weighted by atomic mass is 9.88. The zero-order valence-electron chi connectivity index (χ0n) is 9.29. The van der Waals surface area contributed by atoms with Crippen LogP contribution in [0.2, 0.25) is 0 Å². The zero-order valence-corrected chi connectivity index (χ0v) is 9.29. The maximum absolute atomic E-state index is 13.2. The van der Waals surface area contributed by atoms with Gasteiger partial charge >= 0.3 is 0 Å². The molecule has 1 saturated carbocycles. The summed E-state index contributed by atoms with van der Waals surface area (Å²) in [6.07, 6.45) is 5.49. The predicted molar refractivity (Wildman–Crippen MR) is 59.4 cm³/mol. The molecule has 0 N–H and O–H groups in total. The Balaban J connectivity index is 2.47. The van der Waals surface area contributed by atoms with Gasteiger partial charge in [0.15, 0.2) is 0 Å². The number of benzene rings is 1. The fraction of sp³-hybridized carbons (Fsp3) is 0.462. The molecule has 0 unspecified atom stereocenters. The van der Waals surface area contributed by atoms with E-state index in [1.165, 1.54) is 6.07 Å². The molecule has 84 valence electrons. The number of hydrogen-bond acceptors (Lipinski definition) is 2. The standard InChI is InChI=1S/C13H14FNO/c1-10-8-11(4-5-12(10)14)13(15-9-16)6-2-3-7-13/h4-5,8H,2-3,6-7H2,1H3. The molecule has 3 heteroatoms. The van der Waals surface area contributed by atoms with Gasteiger partial charge < -0.3 is 0 Å². The minimum atomic E-state index is -0.444. The lowest BCUT2D eigenvalue weighted by Gasteiger charge is -2.23. The highest BCUT2D eigenvalue weighted by Gasteiger charge is 2.35. The van der Waals surface area contributed by atoms with Crippen LogP contribution in [0, 0.1) is 12.7 Å². The van der Waals surface area contributed by atoms with Gasteiger partial charge in [-0.2, -0.15) is 4.99 Å². The van der Waals surface area contributed by atoms with Crippen molar-refractivity contribution in [1.29, 1.82) is 0 Å². The van der Waals surface area contributed by atoms with Crippen LogP contribution < -0.4 is 0 Å². The summed E-state index contributed by atoms with van der Waals surface area (Å²) in [5.41, 5.74) is 1.09. The first-order chi connectivity index (χ1) is 7.68. The molecule has 16 heavy (non-hydrogen) atoms. The second kappa shape index (κ2) is 4.18. The molecule has 1 aliphatic rings. The van der Waals surface area contributed by atoms with Crippen molar-refractivity contribution in [1.82, 2.24) is 0 Å². The van der Waals surface area contributed by atoms with Crippen molar-refractivity contribution < 1.29 is 9.18 Å². The van der Waals surface area contributed by atoms with Crippen molar-refractivity contribution in [2.24, 2.45) is 4.99 Å². The Bertz CT molecular complexity index is 443. The number of hydrogen-bond donors (Lipinski definition) is 0. The van der Waals surface area contributed by atoms with Gasteiger partial charge in [0, 0.05) is 0 Å². The normalized spacial score (nSPS) is 18.1. The molecule has 0 heterocycles. The number of nitrogens with zero attached hydrogens (tertiary/aromatic N) is 1. The molecule has 0 radical (unpaired) electrons. The Labute approximate surface area is 94.2 Å². The van der Waals surface area contributed by atoms with E-state index in [0.717, 1.165) is 31.2 Å². The Morgan fingerprint density at radius 1 is 1.38 bits per heavy atom. The van der Waals surface area contributed by atoms with E-state index >= 15 is 0 Å². The number of isocyanates is 1. The Kier molecular flexibility index (Phi) is 2.88. The maximum atomic E-state index is 13.2. The molecular weight excluding hydrogens is 205 g/mol. The third kappa shape index (κ3) is 1.79. The minimum Gasteiger partial charge on any atom is -0.211 e. The van der Waals surface area contributed by atoms with Crippen molar-refractivity contribution in [3.63, 3.8) is 0 Å². The average molecular weight is 219 g/mol. The first-order valence-electron chi connectivity index (χ1n) is 5.54. The van der Waals surface area contributed by atoms with Crippen molar-refractivity contribution >= 4 is 6.08 Å². The van der Waals surface area contributed by atoms with Crippen LogP contribution in [0.4, 0.5) is 4.39 Å². The van der Waals surface area contributed by atoms with Gasteiger partial charge in [0.1, 0.15) is 5.82 Å². The molecule has 1 aromatic rings. The van der Waals surface area contributed by atoms with E-state index < -0.39 is 5.54 Å². The second-order valence-electron chi connectivity index (χ2n) is 4.41. The van der Waals surface area contributed by atoms with E-state index in [9.17, 15) is 9.18 Å². The number of rotatable bonds is 2. The summed E-state index contributed by atoms with van der Waals surface area (Å²) in [6, 6.07) is 4.97. The summed E-state index contributed by atoms with van der Waals surface area (Å²) in [7, 11) is 0. The topological polar surface area (TPSA) is 29.4 Å². The van der Waals surface area contributed by atoms with Gasteiger partial charge in [-0.05, 0) is 37.0 Å². The van der Waals surface area contributed by atoms with Gasteiger partial charge in [0.25, 0.3) is 0 Å². The van der Waals surface area contributed by atoms with Gasteiger partial charge in [-0.1, -0.05) is 25.0 Å². The lowest BCUT2D eigenvalue weighted by molar-refractivity contribution is 0.454. The molecule has 2 rings (SSSR count). The SMILES string of the molecule is Cc1cc(C2(N=C=O)CCCC2)ccc1F. The van der Waals surface area contributed by atoms with E-state index in [1.807, 2.05) is 0 Å². The summed E-state index contributed by atoms with van der Waals surface area (Å²) in [5, 5.41) is 0. The van der Waals surface area contributed by atoms with Crippen LogP contribution in [0.1, 0.15) is 36.8 Å². The quantitative estimate of drug-likeness (QED) is 0.554.